The van der Waals surface area contributed by atoms with Gasteiger partial charge >= 0.3 is 0 Å². The zero-order chi connectivity index (χ0) is 22.1. The van der Waals surface area contributed by atoms with Gasteiger partial charge in [0, 0.05) is 44.9 Å². The Balaban J connectivity index is 1.38. The molecule has 2 aromatic heterocycles. The molecule has 0 atom stereocenters. The van der Waals surface area contributed by atoms with E-state index in [1.54, 1.807) is 13.4 Å². The molecule has 4 aromatic rings. The number of aromatic nitrogens is 1. The molecule has 1 aliphatic heterocycles. The monoisotopic (exact) mass is 429 g/mol. The van der Waals surface area contributed by atoms with Crippen LogP contribution < -0.4 is 9.64 Å². The maximum absolute atomic E-state index is 13.5. The van der Waals surface area contributed by atoms with E-state index >= 15 is 0 Å². The number of carbonyl (C=O) groups excluding carboxylic acids is 1. The summed E-state index contributed by atoms with van der Waals surface area (Å²) in [6.45, 7) is 5.59. The minimum absolute atomic E-state index is 0.0460. The fourth-order valence-corrected chi connectivity index (χ4v) is 4.49. The second-order valence-electron chi connectivity index (χ2n) is 8.16. The predicted molar refractivity (Wildman–Crippen MR) is 126 cm³/mol. The normalized spacial score (nSPS) is 14.2. The number of rotatable bonds is 5. The molecule has 1 fully saturated rings. The highest BCUT2D eigenvalue weighted by Crippen LogP contribution is 2.29. The molecule has 0 aliphatic carbocycles. The fourth-order valence-electron chi connectivity index (χ4n) is 4.49. The SMILES string of the molecule is COc1ccccc1N1CCN(C(=O)c2cc3occc3n2Cc2ccccc2C)CC1. The molecule has 0 unspecified atom stereocenters. The molecule has 0 N–H and O–H groups in total. The molecule has 6 nitrogen and oxygen atoms in total. The number of benzene rings is 2. The van der Waals surface area contributed by atoms with Crippen molar-refractivity contribution < 1.29 is 13.9 Å². The lowest BCUT2D eigenvalue weighted by Crippen LogP contribution is -2.49. The first kappa shape index (κ1) is 20.2. The van der Waals surface area contributed by atoms with Gasteiger partial charge in [-0.3, -0.25) is 4.79 Å². The van der Waals surface area contributed by atoms with Crippen molar-refractivity contribution in [1.29, 1.82) is 0 Å². The average molecular weight is 430 g/mol. The van der Waals surface area contributed by atoms with E-state index in [0.717, 1.165) is 35.6 Å². The fraction of sp³-hybridized carbons (Fsp3) is 0.269. The van der Waals surface area contributed by atoms with E-state index < -0.39 is 0 Å². The summed E-state index contributed by atoms with van der Waals surface area (Å²) in [5.41, 5.74) is 5.85. The van der Waals surface area contributed by atoms with E-state index in [-0.39, 0.29) is 5.91 Å². The van der Waals surface area contributed by atoms with Crippen LogP contribution in [0.5, 0.6) is 5.75 Å². The number of para-hydroxylation sites is 2. The summed E-state index contributed by atoms with van der Waals surface area (Å²) in [5, 5.41) is 0. The van der Waals surface area contributed by atoms with E-state index in [1.165, 1.54) is 11.1 Å². The highest BCUT2D eigenvalue weighted by atomic mass is 16.5. The number of anilines is 1. The summed E-state index contributed by atoms with van der Waals surface area (Å²) in [6.07, 6.45) is 1.68. The summed E-state index contributed by atoms with van der Waals surface area (Å²) in [6, 6.07) is 20.1. The van der Waals surface area contributed by atoms with Gasteiger partial charge < -0.3 is 23.5 Å². The van der Waals surface area contributed by atoms with Gasteiger partial charge in [0.2, 0.25) is 0 Å². The highest BCUT2D eigenvalue weighted by molar-refractivity contribution is 5.97. The van der Waals surface area contributed by atoms with Gasteiger partial charge in [0.05, 0.1) is 24.6 Å². The lowest BCUT2D eigenvalue weighted by atomic mass is 10.1. The van der Waals surface area contributed by atoms with E-state index in [9.17, 15) is 4.79 Å². The van der Waals surface area contributed by atoms with Crippen molar-refractivity contribution >= 4 is 22.7 Å². The van der Waals surface area contributed by atoms with Gasteiger partial charge in [-0.25, -0.2) is 0 Å². The minimum atomic E-state index is 0.0460. The zero-order valence-electron chi connectivity index (χ0n) is 18.5. The van der Waals surface area contributed by atoms with E-state index in [4.69, 9.17) is 9.15 Å². The minimum Gasteiger partial charge on any atom is -0.495 e. The maximum Gasteiger partial charge on any atom is 0.270 e. The van der Waals surface area contributed by atoms with Gasteiger partial charge in [0.1, 0.15) is 11.4 Å². The van der Waals surface area contributed by atoms with E-state index in [0.29, 0.717) is 25.3 Å². The molecule has 0 spiro atoms. The summed E-state index contributed by atoms with van der Waals surface area (Å²) in [4.78, 5) is 17.8. The summed E-state index contributed by atoms with van der Waals surface area (Å²) in [7, 11) is 1.69. The number of carbonyl (C=O) groups is 1. The van der Waals surface area contributed by atoms with Crippen molar-refractivity contribution in [1.82, 2.24) is 9.47 Å². The number of ether oxygens (including phenoxy) is 1. The van der Waals surface area contributed by atoms with Crippen molar-refractivity contribution in [2.24, 2.45) is 0 Å². The Morgan fingerprint density at radius 3 is 2.53 bits per heavy atom. The van der Waals surface area contributed by atoms with Crippen LogP contribution in [0.15, 0.2) is 71.3 Å². The Labute approximate surface area is 187 Å². The smallest absolute Gasteiger partial charge is 0.270 e. The molecule has 1 aliphatic rings. The lowest BCUT2D eigenvalue weighted by Gasteiger charge is -2.36. The number of nitrogens with zero attached hydrogens (tertiary/aromatic N) is 3. The number of piperazine rings is 1. The van der Waals surface area contributed by atoms with Crippen molar-refractivity contribution in [3.8, 4) is 5.75 Å². The summed E-state index contributed by atoms with van der Waals surface area (Å²) < 4.78 is 13.2. The zero-order valence-corrected chi connectivity index (χ0v) is 18.5. The third-order valence-electron chi connectivity index (χ3n) is 6.32. The van der Waals surface area contributed by atoms with Crippen LogP contribution >= 0.6 is 0 Å². The first-order valence-electron chi connectivity index (χ1n) is 10.9. The second kappa shape index (κ2) is 8.46. The molecule has 3 heterocycles. The van der Waals surface area contributed by atoms with Gasteiger partial charge in [0.15, 0.2) is 5.58 Å². The van der Waals surface area contributed by atoms with Crippen LogP contribution in [-0.2, 0) is 6.54 Å². The van der Waals surface area contributed by atoms with Crippen LogP contribution in [0.4, 0.5) is 5.69 Å². The largest absolute Gasteiger partial charge is 0.495 e. The molecule has 2 aromatic carbocycles. The van der Waals surface area contributed by atoms with Crippen LogP contribution in [0.3, 0.4) is 0 Å². The quantitative estimate of drug-likeness (QED) is 0.467. The van der Waals surface area contributed by atoms with Crippen LogP contribution in [0.1, 0.15) is 21.6 Å². The molecule has 1 saturated heterocycles. The molecule has 0 radical (unpaired) electrons. The third-order valence-corrected chi connectivity index (χ3v) is 6.32. The lowest BCUT2D eigenvalue weighted by molar-refractivity contribution is 0.0736. The van der Waals surface area contributed by atoms with Gasteiger partial charge in [-0.05, 0) is 30.2 Å². The number of hydrogen-bond donors (Lipinski definition) is 0. The number of hydrogen-bond acceptors (Lipinski definition) is 4. The third kappa shape index (κ3) is 3.62. The molecular weight excluding hydrogens is 402 g/mol. The van der Waals surface area contributed by atoms with Crippen molar-refractivity contribution in [3.63, 3.8) is 0 Å². The number of aryl methyl sites for hydroxylation is 1. The van der Waals surface area contributed by atoms with Crippen LogP contribution in [0, 0.1) is 6.92 Å². The predicted octanol–water partition coefficient (Wildman–Crippen LogP) is 4.56. The van der Waals surface area contributed by atoms with Crippen molar-refractivity contribution in [3.05, 3.63) is 83.7 Å². The van der Waals surface area contributed by atoms with Crippen LogP contribution in [0.25, 0.3) is 11.1 Å². The Kier molecular flexibility index (Phi) is 5.35. The van der Waals surface area contributed by atoms with Crippen LogP contribution in [-0.4, -0.2) is 48.7 Å². The van der Waals surface area contributed by atoms with E-state index in [1.807, 2.05) is 47.4 Å². The standard InChI is InChI=1S/C26H27N3O3/c1-19-7-3-4-8-20(19)18-29-22-11-16-32-25(22)17-23(29)26(30)28-14-12-27(13-15-28)21-9-5-6-10-24(21)31-2/h3-11,16-17H,12-15,18H2,1-2H3. The Morgan fingerprint density at radius 2 is 1.75 bits per heavy atom. The Hall–Kier alpha value is -3.67. The average Bonchev–Trinajstić information content (AvgIpc) is 3.42. The Morgan fingerprint density at radius 1 is 1.00 bits per heavy atom. The maximum atomic E-state index is 13.5. The van der Waals surface area contributed by atoms with Gasteiger partial charge in [-0.2, -0.15) is 0 Å². The second-order valence-corrected chi connectivity index (χ2v) is 8.16. The number of methoxy groups -OCH3 is 1. The molecule has 1 amide bonds. The van der Waals surface area contributed by atoms with Crippen molar-refractivity contribution in [2.45, 2.75) is 13.5 Å². The van der Waals surface area contributed by atoms with Crippen LogP contribution in [0.2, 0.25) is 0 Å². The first-order chi connectivity index (χ1) is 15.7. The van der Waals surface area contributed by atoms with Gasteiger partial charge in [-0.15, -0.1) is 0 Å². The molecule has 0 saturated carbocycles. The van der Waals surface area contributed by atoms with Gasteiger partial charge in [-0.1, -0.05) is 36.4 Å². The molecule has 6 heteroatoms. The molecular formula is C26H27N3O3. The summed E-state index contributed by atoms with van der Waals surface area (Å²) >= 11 is 0. The topological polar surface area (TPSA) is 50.9 Å². The molecule has 164 valence electrons. The van der Waals surface area contributed by atoms with Crippen molar-refractivity contribution in [2.75, 3.05) is 38.2 Å². The highest BCUT2D eigenvalue weighted by Gasteiger charge is 2.27. The first-order valence-corrected chi connectivity index (χ1v) is 10.9. The summed E-state index contributed by atoms with van der Waals surface area (Å²) in [5.74, 6) is 0.907. The van der Waals surface area contributed by atoms with E-state index in [2.05, 4.69) is 34.6 Å². The Bertz CT molecular complexity index is 1250. The number of amides is 1. The molecule has 0 bridgehead atoms. The molecule has 32 heavy (non-hydrogen) atoms. The molecule has 5 rings (SSSR count). The number of furan rings is 1. The van der Waals surface area contributed by atoms with Gasteiger partial charge in [0.25, 0.3) is 5.91 Å². The number of fused-ring (bicyclic) bond motifs is 1.